The van der Waals surface area contributed by atoms with Gasteiger partial charge in [-0.05, 0) is 31.2 Å². The first kappa shape index (κ1) is 11.1. The van der Waals surface area contributed by atoms with Crippen LogP contribution >= 0.6 is 0 Å². The number of aliphatic carboxylic acids is 1. The molecule has 0 atom stereocenters. The smallest absolute Gasteiger partial charge is 0.339 e. The van der Waals surface area contributed by atoms with Crippen LogP contribution in [0.1, 0.15) is 17.3 Å². The Morgan fingerprint density at radius 2 is 1.80 bits per heavy atom. The molecule has 78 valence electrons. The van der Waals surface area contributed by atoms with Gasteiger partial charge in [0.05, 0.1) is 0 Å². The molecule has 0 radical (unpaired) electrons. The SMILES string of the molecule is C/C=C(\C(=O)O)C(=O)c1ccc(F)cc1. The fraction of sp³-hybridized carbons (Fsp3) is 0.0909. The topological polar surface area (TPSA) is 54.4 Å². The Labute approximate surface area is 85.8 Å². The second-order valence-corrected chi connectivity index (χ2v) is 2.84. The molecule has 0 aliphatic carbocycles. The number of benzene rings is 1. The van der Waals surface area contributed by atoms with Gasteiger partial charge in [0.2, 0.25) is 0 Å². The van der Waals surface area contributed by atoms with E-state index >= 15 is 0 Å². The second kappa shape index (κ2) is 4.50. The van der Waals surface area contributed by atoms with Crippen molar-refractivity contribution >= 4 is 11.8 Å². The fourth-order valence-electron chi connectivity index (χ4n) is 1.11. The Kier molecular flexibility index (Phi) is 3.33. The number of Topliss-reactive ketones (excluding diaryl/α,β-unsaturated/α-hetero) is 1. The molecule has 0 aliphatic heterocycles. The Balaban J connectivity index is 3.04. The van der Waals surface area contributed by atoms with Crippen molar-refractivity contribution in [2.75, 3.05) is 0 Å². The molecular weight excluding hydrogens is 199 g/mol. The molecule has 0 unspecified atom stereocenters. The van der Waals surface area contributed by atoms with Crippen LogP contribution in [0.25, 0.3) is 0 Å². The molecule has 1 aromatic rings. The third kappa shape index (κ3) is 2.49. The van der Waals surface area contributed by atoms with Gasteiger partial charge in [-0.25, -0.2) is 9.18 Å². The van der Waals surface area contributed by atoms with Crippen LogP contribution in [0.15, 0.2) is 35.9 Å². The molecule has 15 heavy (non-hydrogen) atoms. The zero-order chi connectivity index (χ0) is 11.4. The molecule has 0 spiro atoms. The number of carboxylic acid groups (broad SMARTS) is 1. The van der Waals surface area contributed by atoms with E-state index in [1.54, 1.807) is 0 Å². The number of carboxylic acids is 1. The highest BCUT2D eigenvalue weighted by atomic mass is 19.1. The summed E-state index contributed by atoms with van der Waals surface area (Å²) in [5.74, 6) is -2.37. The molecule has 0 bridgehead atoms. The van der Waals surface area contributed by atoms with E-state index in [-0.39, 0.29) is 11.1 Å². The lowest BCUT2D eigenvalue weighted by Crippen LogP contribution is -2.12. The summed E-state index contributed by atoms with van der Waals surface area (Å²) in [6.07, 6.45) is 1.22. The Bertz CT molecular complexity index is 418. The van der Waals surface area contributed by atoms with Crippen LogP contribution < -0.4 is 0 Å². The van der Waals surface area contributed by atoms with Crippen molar-refractivity contribution in [1.82, 2.24) is 0 Å². The largest absolute Gasteiger partial charge is 0.478 e. The zero-order valence-corrected chi connectivity index (χ0v) is 8.03. The van der Waals surface area contributed by atoms with E-state index in [1.807, 2.05) is 0 Å². The number of hydrogen-bond acceptors (Lipinski definition) is 2. The van der Waals surface area contributed by atoms with Crippen molar-refractivity contribution in [1.29, 1.82) is 0 Å². The van der Waals surface area contributed by atoms with Gasteiger partial charge in [-0.1, -0.05) is 6.08 Å². The van der Waals surface area contributed by atoms with Gasteiger partial charge >= 0.3 is 5.97 Å². The van der Waals surface area contributed by atoms with E-state index < -0.39 is 17.6 Å². The zero-order valence-electron chi connectivity index (χ0n) is 8.03. The van der Waals surface area contributed by atoms with Crippen molar-refractivity contribution in [3.8, 4) is 0 Å². The van der Waals surface area contributed by atoms with E-state index in [9.17, 15) is 14.0 Å². The van der Waals surface area contributed by atoms with Crippen molar-refractivity contribution in [2.45, 2.75) is 6.92 Å². The second-order valence-electron chi connectivity index (χ2n) is 2.84. The van der Waals surface area contributed by atoms with E-state index in [4.69, 9.17) is 5.11 Å². The summed E-state index contributed by atoms with van der Waals surface area (Å²) in [5, 5.41) is 8.70. The average Bonchev–Trinajstić information content (AvgIpc) is 2.19. The molecule has 0 saturated heterocycles. The lowest BCUT2D eigenvalue weighted by molar-refractivity contribution is -0.132. The third-order valence-corrected chi connectivity index (χ3v) is 1.87. The molecular formula is C11H9FO3. The molecule has 0 aromatic heterocycles. The van der Waals surface area contributed by atoms with E-state index in [2.05, 4.69) is 0 Å². The molecule has 0 fully saturated rings. The van der Waals surface area contributed by atoms with Gasteiger partial charge in [0, 0.05) is 5.56 Å². The molecule has 4 heteroatoms. The summed E-state index contributed by atoms with van der Waals surface area (Å²) >= 11 is 0. The van der Waals surface area contributed by atoms with Crippen LogP contribution in [0.5, 0.6) is 0 Å². The molecule has 3 nitrogen and oxygen atoms in total. The number of carbonyl (C=O) groups excluding carboxylic acids is 1. The number of carbonyl (C=O) groups is 2. The normalized spacial score (nSPS) is 11.2. The van der Waals surface area contributed by atoms with Gasteiger partial charge in [-0.2, -0.15) is 0 Å². The minimum atomic E-state index is -1.29. The summed E-state index contributed by atoms with van der Waals surface area (Å²) in [4.78, 5) is 22.2. The molecule has 1 N–H and O–H groups in total. The first-order valence-corrected chi connectivity index (χ1v) is 4.26. The molecule has 0 saturated carbocycles. The third-order valence-electron chi connectivity index (χ3n) is 1.87. The van der Waals surface area contributed by atoms with Crippen LogP contribution in [-0.2, 0) is 4.79 Å². The summed E-state index contributed by atoms with van der Waals surface area (Å²) in [6, 6.07) is 4.74. The van der Waals surface area contributed by atoms with Crippen LogP contribution in [0, 0.1) is 5.82 Å². The molecule has 0 aliphatic rings. The maximum atomic E-state index is 12.5. The van der Waals surface area contributed by atoms with Gasteiger partial charge in [-0.15, -0.1) is 0 Å². The number of allylic oxidation sites excluding steroid dienone is 1. The Hall–Kier alpha value is -1.97. The highest BCUT2D eigenvalue weighted by Crippen LogP contribution is 2.09. The van der Waals surface area contributed by atoms with Crippen LogP contribution in [0.2, 0.25) is 0 Å². The Morgan fingerprint density at radius 1 is 1.27 bits per heavy atom. The van der Waals surface area contributed by atoms with Gasteiger partial charge in [0.25, 0.3) is 0 Å². The minimum Gasteiger partial charge on any atom is -0.478 e. The highest BCUT2D eigenvalue weighted by Gasteiger charge is 2.17. The lowest BCUT2D eigenvalue weighted by atomic mass is 10.0. The van der Waals surface area contributed by atoms with Gasteiger partial charge in [0.1, 0.15) is 11.4 Å². The quantitative estimate of drug-likeness (QED) is 0.358. The van der Waals surface area contributed by atoms with Crippen molar-refractivity contribution in [2.24, 2.45) is 0 Å². The van der Waals surface area contributed by atoms with Gasteiger partial charge in [0.15, 0.2) is 5.78 Å². The maximum Gasteiger partial charge on any atom is 0.339 e. The number of ketones is 1. The lowest BCUT2D eigenvalue weighted by Gasteiger charge is -2.00. The van der Waals surface area contributed by atoms with Crippen molar-refractivity contribution < 1.29 is 19.1 Å². The van der Waals surface area contributed by atoms with Gasteiger partial charge in [-0.3, -0.25) is 4.79 Å². The summed E-state index contributed by atoms with van der Waals surface area (Å²) < 4.78 is 12.5. The number of rotatable bonds is 3. The highest BCUT2D eigenvalue weighted by molar-refractivity contribution is 6.23. The predicted octanol–water partition coefficient (Wildman–Crippen LogP) is 2.04. The maximum absolute atomic E-state index is 12.5. The van der Waals surface area contributed by atoms with E-state index in [0.29, 0.717) is 0 Å². The monoisotopic (exact) mass is 208 g/mol. The standard InChI is InChI=1S/C11H9FO3/c1-2-9(11(14)15)10(13)7-3-5-8(12)6-4-7/h2-6H,1H3,(H,14,15)/b9-2-. The Morgan fingerprint density at radius 3 is 2.20 bits per heavy atom. The van der Waals surface area contributed by atoms with Crippen molar-refractivity contribution in [3.05, 3.63) is 47.3 Å². The number of halogens is 1. The molecule has 0 heterocycles. The first-order chi connectivity index (χ1) is 7.06. The number of hydrogen-bond donors (Lipinski definition) is 1. The van der Waals surface area contributed by atoms with Crippen molar-refractivity contribution in [3.63, 3.8) is 0 Å². The minimum absolute atomic E-state index is 0.159. The average molecular weight is 208 g/mol. The predicted molar refractivity (Wildman–Crippen MR) is 52.1 cm³/mol. The van der Waals surface area contributed by atoms with Crippen LogP contribution in [-0.4, -0.2) is 16.9 Å². The molecule has 0 amide bonds. The van der Waals surface area contributed by atoms with Crippen LogP contribution in [0.4, 0.5) is 4.39 Å². The van der Waals surface area contributed by atoms with E-state index in [1.165, 1.54) is 25.1 Å². The fourth-order valence-corrected chi connectivity index (χ4v) is 1.11. The van der Waals surface area contributed by atoms with Crippen LogP contribution in [0.3, 0.4) is 0 Å². The molecule has 1 rings (SSSR count). The summed E-state index contributed by atoms with van der Waals surface area (Å²) in [7, 11) is 0. The van der Waals surface area contributed by atoms with Gasteiger partial charge < -0.3 is 5.11 Å². The first-order valence-electron chi connectivity index (χ1n) is 4.26. The summed E-state index contributed by atoms with van der Waals surface area (Å²) in [5.41, 5.74) is -0.159. The molecule has 1 aromatic carbocycles. The summed E-state index contributed by atoms with van der Waals surface area (Å²) in [6.45, 7) is 1.46. The van der Waals surface area contributed by atoms with E-state index in [0.717, 1.165) is 12.1 Å².